The normalized spacial score (nSPS) is 19.9. The van der Waals surface area contributed by atoms with Crippen molar-refractivity contribution in [3.05, 3.63) is 29.6 Å². The van der Waals surface area contributed by atoms with E-state index in [-0.39, 0.29) is 16.5 Å². The van der Waals surface area contributed by atoms with Crippen LogP contribution < -0.4 is 5.32 Å². The number of hydrogen-bond donors (Lipinski definition) is 1. The molecule has 0 bridgehead atoms. The number of nitriles is 1. The van der Waals surface area contributed by atoms with Gasteiger partial charge in [0, 0.05) is 19.1 Å². The molecule has 0 amide bonds. The zero-order valence-corrected chi connectivity index (χ0v) is 12.0. The lowest BCUT2D eigenvalue weighted by Crippen LogP contribution is -2.40. The SMILES string of the molecule is CNCC1CCCN1S(=O)(=O)c1ccc(F)c(C#N)c1. The summed E-state index contributed by atoms with van der Waals surface area (Å²) in [6.07, 6.45) is 1.60. The molecule has 1 fully saturated rings. The Bertz CT molecular complexity index is 640. The highest BCUT2D eigenvalue weighted by Crippen LogP contribution is 2.26. The zero-order valence-electron chi connectivity index (χ0n) is 11.1. The average Bonchev–Trinajstić information content (AvgIpc) is 2.88. The smallest absolute Gasteiger partial charge is 0.243 e. The molecule has 108 valence electrons. The van der Waals surface area contributed by atoms with Gasteiger partial charge in [0.15, 0.2) is 0 Å². The summed E-state index contributed by atoms with van der Waals surface area (Å²) >= 11 is 0. The summed E-state index contributed by atoms with van der Waals surface area (Å²) in [5.41, 5.74) is -0.254. The van der Waals surface area contributed by atoms with Gasteiger partial charge in [0.25, 0.3) is 0 Å². The molecule has 2 rings (SSSR count). The van der Waals surface area contributed by atoms with Crippen molar-refractivity contribution in [3.63, 3.8) is 0 Å². The number of nitrogens with zero attached hydrogens (tertiary/aromatic N) is 2. The molecule has 0 saturated carbocycles. The molecular weight excluding hydrogens is 281 g/mol. The minimum absolute atomic E-state index is 0.0292. The fourth-order valence-electron chi connectivity index (χ4n) is 2.45. The maximum Gasteiger partial charge on any atom is 0.243 e. The van der Waals surface area contributed by atoms with E-state index in [1.807, 2.05) is 0 Å². The van der Waals surface area contributed by atoms with Crippen LogP contribution in [0, 0.1) is 17.1 Å². The van der Waals surface area contributed by atoms with Crippen LogP contribution >= 0.6 is 0 Å². The summed E-state index contributed by atoms with van der Waals surface area (Å²) in [4.78, 5) is -0.0292. The van der Waals surface area contributed by atoms with E-state index in [2.05, 4.69) is 5.32 Å². The Hall–Kier alpha value is -1.49. The van der Waals surface area contributed by atoms with Crippen LogP contribution in [0.3, 0.4) is 0 Å². The van der Waals surface area contributed by atoms with E-state index in [1.165, 1.54) is 10.4 Å². The van der Waals surface area contributed by atoms with E-state index in [4.69, 9.17) is 5.26 Å². The molecule has 0 aliphatic carbocycles. The third-order valence-electron chi connectivity index (χ3n) is 3.43. The number of halogens is 1. The van der Waals surface area contributed by atoms with Gasteiger partial charge in [0.1, 0.15) is 11.9 Å². The second kappa shape index (κ2) is 5.87. The molecule has 7 heteroatoms. The third-order valence-corrected chi connectivity index (χ3v) is 5.38. The molecule has 1 N–H and O–H groups in total. The van der Waals surface area contributed by atoms with Crippen LogP contribution in [0.15, 0.2) is 23.1 Å². The summed E-state index contributed by atoms with van der Waals surface area (Å²) in [6.45, 7) is 1.03. The van der Waals surface area contributed by atoms with Gasteiger partial charge < -0.3 is 5.32 Å². The van der Waals surface area contributed by atoms with E-state index >= 15 is 0 Å². The Kier molecular flexibility index (Phi) is 4.38. The molecule has 1 aliphatic heterocycles. The van der Waals surface area contributed by atoms with Gasteiger partial charge in [0.05, 0.1) is 10.5 Å². The molecule has 1 heterocycles. The average molecular weight is 297 g/mol. The van der Waals surface area contributed by atoms with Crippen molar-refractivity contribution < 1.29 is 12.8 Å². The first-order chi connectivity index (χ1) is 9.50. The quantitative estimate of drug-likeness (QED) is 0.902. The largest absolute Gasteiger partial charge is 0.318 e. The maximum atomic E-state index is 13.3. The van der Waals surface area contributed by atoms with Crippen molar-refractivity contribution >= 4 is 10.0 Å². The van der Waals surface area contributed by atoms with Gasteiger partial charge in [-0.05, 0) is 38.1 Å². The second-order valence-electron chi connectivity index (χ2n) is 4.72. The van der Waals surface area contributed by atoms with E-state index < -0.39 is 15.8 Å². The highest BCUT2D eigenvalue weighted by Gasteiger charge is 2.35. The molecule has 1 aromatic rings. The lowest BCUT2D eigenvalue weighted by molar-refractivity contribution is 0.379. The van der Waals surface area contributed by atoms with Crippen LogP contribution in [0.1, 0.15) is 18.4 Å². The minimum atomic E-state index is -3.68. The number of hydrogen-bond acceptors (Lipinski definition) is 4. The fourth-order valence-corrected chi connectivity index (χ4v) is 4.17. The van der Waals surface area contributed by atoms with Crippen molar-refractivity contribution in [2.75, 3.05) is 20.1 Å². The number of rotatable bonds is 4. The molecule has 0 aromatic heterocycles. The summed E-state index contributed by atoms with van der Waals surface area (Å²) < 4.78 is 39.9. The molecule has 1 atom stereocenters. The molecule has 0 spiro atoms. The molecule has 20 heavy (non-hydrogen) atoms. The van der Waals surface area contributed by atoms with Crippen molar-refractivity contribution in [3.8, 4) is 6.07 Å². The topological polar surface area (TPSA) is 73.2 Å². The molecule has 1 aliphatic rings. The first-order valence-electron chi connectivity index (χ1n) is 6.37. The van der Waals surface area contributed by atoms with E-state index in [0.29, 0.717) is 13.1 Å². The number of nitrogens with one attached hydrogen (secondary N) is 1. The minimum Gasteiger partial charge on any atom is -0.318 e. The predicted molar refractivity (Wildman–Crippen MR) is 72.0 cm³/mol. The van der Waals surface area contributed by atoms with Gasteiger partial charge in [-0.25, -0.2) is 12.8 Å². The molecule has 1 unspecified atom stereocenters. The van der Waals surface area contributed by atoms with Crippen molar-refractivity contribution in [1.29, 1.82) is 5.26 Å². The maximum absolute atomic E-state index is 13.3. The van der Waals surface area contributed by atoms with Crippen LogP contribution in [0.4, 0.5) is 4.39 Å². The standard InChI is InChI=1S/C13H16FN3O2S/c1-16-9-11-3-2-6-17(11)20(18,19)12-4-5-13(14)10(7-12)8-15/h4-5,7,11,16H,2-3,6,9H2,1H3. The number of sulfonamides is 1. The van der Waals surface area contributed by atoms with Gasteiger partial charge in [0.2, 0.25) is 10.0 Å². The molecule has 0 radical (unpaired) electrons. The Labute approximate surface area is 118 Å². The van der Waals surface area contributed by atoms with Crippen molar-refractivity contribution in [2.24, 2.45) is 0 Å². The van der Waals surface area contributed by atoms with Gasteiger partial charge in [-0.1, -0.05) is 0 Å². The van der Waals surface area contributed by atoms with Crippen LogP contribution in [0.2, 0.25) is 0 Å². The predicted octanol–water partition coefficient (Wildman–Crippen LogP) is 1.07. The first kappa shape index (κ1) is 14.9. The van der Waals surface area contributed by atoms with E-state index in [1.54, 1.807) is 13.1 Å². The number of benzene rings is 1. The summed E-state index contributed by atoms with van der Waals surface area (Å²) in [5.74, 6) is -0.709. The van der Waals surface area contributed by atoms with Crippen molar-refractivity contribution in [2.45, 2.75) is 23.8 Å². The van der Waals surface area contributed by atoms with Gasteiger partial charge in [-0.3, -0.25) is 0 Å². The summed E-state index contributed by atoms with van der Waals surface area (Å²) in [7, 11) is -1.91. The first-order valence-corrected chi connectivity index (χ1v) is 7.81. The van der Waals surface area contributed by atoms with Gasteiger partial charge >= 0.3 is 0 Å². The van der Waals surface area contributed by atoms with Crippen LogP contribution in [0.25, 0.3) is 0 Å². The molecular formula is C13H16FN3O2S. The number of likely N-dealkylation sites (N-methyl/N-ethyl adjacent to an activating group) is 1. The Morgan fingerprint density at radius 2 is 2.30 bits per heavy atom. The lowest BCUT2D eigenvalue weighted by Gasteiger charge is -2.23. The molecule has 1 aromatic carbocycles. The summed E-state index contributed by atoms with van der Waals surface area (Å²) in [5, 5.41) is 11.8. The van der Waals surface area contributed by atoms with E-state index in [9.17, 15) is 12.8 Å². The Morgan fingerprint density at radius 1 is 1.55 bits per heavy atom. The Balaban J connectivity index is 2.38. The van der Waals surface area contributed by atoms with Crippen LogP contribution in [-0.2, 0) is 10.0 Å². The van der Waals surface area contributed by atoms with Crippen LogP contribution in [0.5, 0.6) is 0 Å². The second-order valence-corrected chi connectivity index (χ2v) is 6.61. The monoisotopic (exact) mass is 297 g/mol. The molecule has 5 nitrogen and oxygen atoms in total. The summed E-state index contributed by atoms with van der Waals surface area (Å²) in [6, 6.07) is 4.90. The lowest BCUT2D eigenvalue weighted by atomic mass is 10.2. The van der Waals surface area contributed by atoms with E-state index in [0.717, 1.165) is 25.0 Å². The highest BCUT2D eigenvalue weighted by molar-refractivity contribution is 7.89. The zero-order chi connectivity index (χ0) is 14.8. The highest BCUT2D eigenvalue weighted by atomic mass is 32.2. The van der Waals surface area contributed by atoms with Crippen molar-refractivity contribution in [1.82, 2.24) is 9.62 Å². The van der Waals surface area contributed by atoms with Gasteiger partial charge in [-0.15, -0.1) is 0 Å². The third kappa shape index (κ3) is 2.68. The molecule has 1 saturated heterocycles. The fraction of sp³-hybridized carbons (Fsp3) is 0.462. The Morgan fingerprint density at radius 3 is 2.95 bits per heavy atom. The van der Waals surface area contributed by atoms with Gasteiger partial charge in [-0.2, -0.15) is 9.57 Å². The van der Waals surface area contributed by atoms with Crippen LogP contribution in [-0.4, -0.2) is 38.9 Å².